The molecule has 4 N–H and O–H groups in total. The summed E-state index contributed by atoms with van der Waals surface area (Å²) in [6.07, 6.45) is 2.03. The number of esters is 1. The van der Waals surface area contributed by atoms with Crippen molar-refractivity contribution in [1.29, 1.82) is 0 Å². The Bertz CT molecular complexity index is 1900. The van der Waals surface area contributed by atoms with Crippen molar-refractivity contribution >= 4 is 28.7 Å². The molecule has 0 unspecified atom stereocenters. The normalized spacial score (nSPS) is 21.9. The summed E-state index contributed by atoms with van der Waals surface area (Å²) in [7, 11) is 1.71. The Morgan fingerprint density at radius 1 is 1.27 bits per heavy atom. The third-order valence-electron chi connectivity index (χ3n) is 10.0. The molecule has 1 saturated carbocycles. The summed E-state index contributed by atoms with van der Waals surface area (Å²) in [5, 5.41) is 14.6. The summed E-state index contributed by atoms with van der Waals surface area (Å²) in [6.45, 7) is 2.93. The third-order valence-corrected chi connectivity index (χ3v) is 10.0. The van der Waals surface area contributed by atoms with Crippen LogP contribution in [0.5, 0.6) is 0 Å². The number of likely N-dealkylation sites (N-methyl/N-ethyl adjacent to an activating group) is 1. The Hall–Kier alpha value is -4.20. The summed E-state index contributed by atoms with van der Waals surface area (Å²) in [5.41, 5.74) is 6.41. The summed E-state index contributed by atoms with van der Waals surface area (Å²) in [5.74, 6) is -1.84. The molecule has 0 radical (unpaired) electrons. The van der Waals surface area contributed by atoms with Crippen LogP contribution in [0, 0.1) is 12.7 Å². The molecule has 3 aromatic rings. The lowest BCUT2D eigenvalue weighted by Crippen LogP contribution is -2.45. The highest BCUT2D eigenvalue weighted by molar-refractivity contribution is 5.95. The van der Waals surface area contributed by atoms with Gasteiger partial charge in [-0.25, -0.2) is 14.2 Å². The Morgan fingerprint density at radius 2 is 2.02 bits per heavy atom. The van der Waals surface area contributed by atoms with E-state index in [4.69, 9.17) is 20.2 Å². The number of carbonyl (C=O) groups is 3. The maximum atomic E-state index is 15.2. The van der Waals surface area contributed by atoms with Crippen LogP contribution in [-0.4, -0.2) is 63.3 Å². The van der Waals surface area contributed by atoms with Crippen LogP contribution in [0.25, 0.3) is 22.3 Å². The van der Waals surface area contributed by atoms with E-state index in [-0.39, 0.29) is 49.9 Å². The molecule has 13 heteroatoms. The minimum Gasteiger partial charge on any atom is -0.458 e. The number of nitrogens with one attached hydrogen (secondary N) is 1. The first-order valence-electron chi connectivity index (χ1n) is 15.1. The monoisotopic (exact) mass is 619 g/mol. The van der Waals surface area contributed by atoms with Gasteiger partial charge in [0.25, 0.3) is 11.5 Å². The number of nitrogens with zero attached hydrogens (tertiary/aromatic N) is 3. The smallest absolute Gasteiger partial charge is 0.343 e. The Morgan fingerprint density at radius 3 is 2.71 bits per heavy atom. The molecular formula is C32H34FN5O7. The average molecular weight is 620 g/mol. The van der Waals surface area contributed by atoms with Gasteiger partial charge in [-0.2, -0.15) is 0 Å². The van der Waals surface area contributed by atoms with Crippen molar-refractivity contribution in [2.75, 3.05) is 20.3 Å². The number of rotatable bonds is 7. The van der Waals surface area contributed by atoms with E-state index >= 15 is 4.39 Å². The first kappa shape index (κ1) is 29.5. The van der Waals surface area contributed by atoms with E-state index in [0.717, 1.165) is 22.1 Å². The van der Waals surface area contributed by atoms with Gasteiger partial charge in [-0.1, -0.05) is 6.92 Å². The van der Waals surface area contributed by atoms with Gasteiger partial charge in [0, 0.05) is 29.6 Å². The van der Waals surface area contributed by atoms with Crippen molar-refractivity contribution < 1.29 is 33.4 Å². The zero-order valence-electron chi connectivity index (χ0n) is 25.3. The first-order valence-corrected chi connectivity index (χ1v) is 15.1. The molecule has 0 saturated heterocycles. The second-order valence-corrected chi connectivity index (χ2v) is 12.4. The number of aliphatic hydroxyl groups is 1. The Balaban J connectivity index is 1.37. The first-order chi connectivity index (χ1) is 21.5. The quantitative estimate of drug-likeness (QED) is 0.206. The number of fused-ring (bicyclic) bond motifs is 5. The van der Waals surface area contributed by atoms with E-state index in [2.05, 4.69) is 5.32 Å². The second kappa shape index (κ2) is 10.2. The van der Waals surface area contributed by atoms with Crippen LogP contribution in [0.2, 0.25) is 0 Å². The van der Waals surface area contributed by atoms with Gasteiger partial charge in [-0.15, -0.1) is 0 Å². The Kier molecular flexibility index (Phi) is 6.66. The molecule has 2 aromatic heterocycles. The van der Waals surface area contributed by atoms with E-state index in [9.17, 15) is 24.3 Å². The van der Waals surface area contributed by atoms with E-state index < -0.39 is 40.5 Å². The van der Waals surface area contributed by atoms with Crippen molar-refractivity contribution in [3.8, 4) is 11.4 Å². The molecule has 1 aromatic carbocycles. The molecule has 4 aliphatic rings. The van der Waals surface area contributed by atoms with Gasteiger partial charge in [-0.05, 0) is 61.8 Å². The maximum absolute atomic E-state index is 15.2. The molecular weight excluding hydrogens is 585 g/mol. The van der Waals surface area contributed by atoms with E-state index in [1.807, 2.05) is 0 Å². The van der Waals surface area contributed by atoms with Gasteiger partial charge in [0.15, 0.2) is 5.60 Å². The third kappa shape index (κ3) is 4.17. The van der Waals surface area contributed by atoms with Gasteiger partial charge in [0.2, 0.25) is 5.91 Å². The minimum atomic E-state index is -1.98. The lowest BCUT2D eigenvalue weighted by molar-refractivity contribution is -0.172. The standard InChI is InChI=1S/C32H34FN5O7/c1-4-32(43)19-9-23-27-17(12-38(23)28(40)18(19)13-44-30(32)42)26-22(6-5-16-15(2)20(33)10-21(36-27)25(16)26)37(3)29(41)31(7-8-31)45-14-35-24(39)11-34/h9-10,22,43H,4-8,11-14,34H2,1-3H3,(H,35,39)/t22-,32-/m0/s1. The molecule has 2 aliphatic carbocycles. The fourth-order valence-electron chi connectivity index (χ4n) is 7.24. The van der Waals surface area contributed by atoms with Gasteiger partial charge in [0.05, 0.1) is 41.6 Å². The van der Waals surface area contributed by atoms with Crippen LogP contribution in [0.4, 0.5) is 4.39 Å². The molecule has 1 fully saturated rings. The number of pyridine rings is 2. The zero-order chi connectivity index (χ0) is 32.0. The van der Waals surface area contributed by atoms with Gasteiger partial charge in [0.1, 0.15) is 24.8 Å². The van der Waals surface area contributed by atoms with Crippen molar-refractivity contribution in [3.63, 3.8) is 0 Å². The summed E-state index contributed by atoms with van der Waals surface area (Å²) in [4.78, 5) is 58.6. The minimum absolute atomic E-state index is 0.00747. The maximum Gasteiger partial charge on any atom is 0.343 e. The molecule has 7 rings (SSSR count). The Labute approximate surface area is 257 Å². The molecule has 12 nitrogen and oxygen atoms in total. The molecule has 2 aliphatic heterocycles. The highest BCUT2D eigenvalue weighted by atomic mass is 19.1. The topological polar surface area (TPSA) is 166 Å². The number of benzene rings is 1. The molecule has 4 heterocycles. The van der Waals surface area contributed by atoms with E-state index in [0.29, 0.717) is 48.2 Å². The molecule has 2 amide bonds. The van der Waals surface area contributed by atoms with Crippen LogP contribution in [0.15, 0.2) is 16.9 Å². The van der Waals surface area contributed by atoms with Crippen LogP contribution < -0.4 is 16.6 Å². The van der Waals surface area contributed by atoms with Crippen LogP contribution in [0.3, 0.4) is 0 Å². The number of nitrogens with two attached hydrogens (primary N) is 1. The van der Waals surface area contributed by atoms with Crippen LogP contribution >= 0.6 is 0 Å². The number of aromatic nitrogens is 2. The molecule has 45 heavy (non-hydrogen) atoms. The van der Waals surface area contributed by atoms with Crippen molar-refractivity contribution in [1.82, 2.24) is 19.8 Å². The zero-order valence-corrected chi connectivity index (χ0v) is 25.3. The number of aryl methyl sites for hydroxylation is 1. The summed E-state index contributed by atoms with van der Waals surface area (Å²) < 4.78 is 27.8. The highest BCUT2D eigenvalue weighted by Gasteiger charge is 2.54. The van der Waals surface area contributed by atoms with Crippen molar-refractivity contribution in [3.05, 3.63) is 61.7 Å². The average Bonchev–Trinajstić information content (AvgIpc) is 3.74. The number of halogens is 1. The highest BCUT2D eigenvalue weighted by Crippen LogP contribution is 2.49. The lowest BCUT2D eigenvalue weighted by Gasteiger charge is -2.36. The number of hydrogen-bond donors (Lipinski definition) is 3. The fourth-order valence-corrected chi connectivity index (χ4v) is 7.24. The predicted molar refractivity (Wildman–Crippen MR) is 158 cm³/mol. The van der Waals surface area contributed by atoms with Crippen molar-refractivity contribution in [2.45, 2.75) is 76.3 Å². The molecule has 236 valence electrons. The number of ether oxygens (including phenoxy) is 2. The number of hydrogen-bond acceptors (Lipinski definition) is 9. The predicted octanol–water partition coefficient (Wildman–Crippen LogP) is 1.55. The number of cyclic esters (lactones) is 1. The SMILES string of the molecule is CC[C@@]1(O)C(=O)OCc2c1cc1n(c2=O)Cc2c-1nc1cc(F)c(C)c3c1c2[C@@H](N(C)C(=O)C1(OCNC(=O)CN)CC1)CC3. The van der Waals surface area contributed by atoms with Gasteiger partial charge >= 0.3 is 5.97 Å². The van der Waals surface area contributed by atoms with Crippen LogP contribution in [0.1, 0.15) is 72.0 Å². The molecule has 2 atom stereocenters. The number of amides is 2. The van der Waals surface area contributed by atoms with Gasteiger partial charge in [-0.3, -0.25) is 14.4 Å². The summed E-state index contributed by atoms with van der Waals surface area (Å²) >= 11 is 0. The lowest BCUT2D eigenvalue weighted by atomic mass is 9.81. The molecule has 0 bridgehead atoms. The van der Waals surface area contributed by atoms with E-state index in [1.165, 1.54) is 6.07 Å². The van der Waals surface area contributed by atoms with E-state index in [1.54, 1.807) is 36.4 Å². The van der Waals surface area contributed by atoms with Crippen LogP contribution in [-0.2, 0) is 49.0 Å². The van der Waals surface area contributed by atoms with Gasteiger partial charge < -0.3 is 35.1 Å². The largest absolute Gasteiger partial charge is 0.458 e. The fraction of sp³-hybridized carbons (Fsp3) is 0.469. The molecule has 0 spiro atoms. The van der Waals surface area contributed by atoms with Crippen molar-refractivity contribution in [2.24, 2.45) is 5.73 Å². The summed E-state index contributed by atoms with van der Waals surface area (Å²) in [6, 6.07) is 2.57. The number of carbonyl (C=O) groups excluding carboxylic acids is 3. The second-order valence-electron chi connectivity index (χ2n) is 12.4.